The standard InChI is InChI=1S/C25H19NS/c1-26(23-15-7-11-19-9-3-5-13-21(19)23)25-17-16-24(27-25)22-14-6-10-18-8-2-4-12-20(18)22/h2-3,5-7,9-17H,8H2,1H3. The van der Waals surface area contributed by atoms with Gasteiger partial charge in [-0.15, -0.1) is 17.1 Å². The van der Waals surface area contributed by atoms with E-state index in [2.05, 4.69) is 103 Å². The van der Waals surface area contributed by atoms with E-state index >= 15 is 0 Å². The Labute approximate surface area is 163 Å². The predicted octanol–water partition coefficient (Wildman–Crippen LogP) is 7.06. The van der Waals surface area contributed by atoms with Gasteiger partial charge in [0.15, 0.2) is 0 Å². The van der Waals surface area contributed by atoms with Gasteiger partial charge < -0.3 is 4.90 Å². The first-order chi connectivity index (χ1) is 13.3. The van der Waals surface area contributed by atoms with Gasteiger partial charge in [-0.2, -0.15) is 0 Å². The third-order valence-corrected chi connectivity index (χ3v) is 6.37. The van der Waals surface area contributed by atoms with E-state index in [9.17, 15) is 0 Å². The minimum Gasteiger partial charge on any atom is -0.336 e. The van der Waals surface area contributed by atoms with Gasteiger partial charge in [-0.25, -0.2) is 0 Å². The Hall–Kier alpha value is -3.06. The van der Waals surface area contributed by atoms with Crippen molar-refractivity contribution in [1.82, 2.24) is 0 Å². The molecule has 130 valence electrons. The van der Waals surface area contributed by atoms with Gasteiger partial charge in [-0.3, -0.25) is 0 Å². The highest BCUT2D eigenvalue weighted by molar-refractivity contribution is 7.19. The van der Waals surface area contributed by atoms with Gasteiger partial charge in [0.1, 0.15) is 0 Å². The van der Waals surface area contributed by atoms with Crippen LogP contribution in [-0.4, -0.2) is 7.05 Å². The molecule has 0 spiro atoms. The zero-order chi connectivity index (χ0) is 18.2. The van der Waals surface area contributed by atoms with Crippen LogP contribution in [0.15, 0.2) is 84.6 Å². The molecule has 5 rings (SSSR count). The van der Waals surface area contributed by atoms with Crippen molar-refractivity contribution in [2.45, 2.75) is 6.42 Å². The van der Waals surface area contributed by atoms with Crippen LogP contribution in [0.4, 0.5) is 10.7 Å². The predicted molar refractivity (Wildman–Crippen MR) is 118 cm³/mol. The fourth-order valence-corrected chi connectivity index (χ4v) is 4.78. The van der Waals surface area contributed by atoms with Gasteiger partial charge in [0.05, 0.1) is 5.00 Å². The zero-order valence-electron chi connectivity index (χ0n) is 15.1. The normalized spacial score (nSPS) is 12.3. The molecule has 1 aliphatic rings. The van der Waals surface area contributed by atoms with Crippen molar-refractivity contribution >= 4 is 38.9 Å². The van der Waals surface area contributed by atoms with Gasteiger partial charge in [-0.05, 0) is 58.8 Å². The summed E-state index contributed by atoms with van der Waals surface area (Å²) in [5, 5.41) is 3.80. The third-order valence-electron chi connectivity index (χ3n) is 5.18. The van der Waals surface area contributed by atoms with Gasteiger partial charge in [0.25, 0.3) is 0 Å². The molecule has 4 aromatic rings. The fourth-order valence-electron chi connectivity index (χ4n) is 3.76. The van der Waals surface area contributed by atoms with Crippen molar-refractivity contribution in [1.29, 1.82) is 0 Å². The minimum atomic E-state index is 0.966. The molecule has 1 nitrogen and oxygen atoms in total. The Kier molecular flexibility index (Phi) is 3.94. The van der Waals surface area contributed by atoms with Gasteiger partial charge in [-0.1, -0.05) is 54.6 Å². The summed E-state index contributed by atoms with van der Waals surface area (Å²) in [5.74, 6) is 0. The molecule has 27 heavy (non-hydrogen) atoms. The lowest BCUT2D eigenvalue weighted by atomic mass is 9.95. The summed E-state index contributed by atoms with van der Waals surface area (Å²) in [6.07, 6.45) is 5.18. The number of rotatable bonds is 3. The largest absolute Gasteiger partial charge is 0.336 e. The first-order valence-electron chi connectivity index (χ1n) is 9.16. The van der Waals surface area contributed by atoms with E-state index in [1.165, 1.54) is 43.0 Å². The number of nitrogens with zero attached hydrogens (tertiary/aromatic N) is 1. The molecule has 0 saturated heterocycles. The molecule has 0 radical (unpaired) electrons. The topological polar surface area (TPSA) is 3.24 Å². The molecule has 0 N–H and O–H groups in total. The molecule has 1 heterocycles. The van der Waals surface area contributed by atoms with Crippen molar-refractivity contribution in [2.75, 3.05) is 11.9 Å². The molecule has 0 fully saturated rings. The second kappa shape index (κ2) is 6.59. The second-order valence-electron chi connectivity index (χ2n) is 6.79. The smallest absolute Gasteiger partial charge is 0.0957 e. The number of anilines is 2. The minimum absolute atomic E-state index is 0.966. The first-order valence-corrected chi connectivity index (χ1v) is 9.97. The number of allylic oxidation sites excluding steroid dienone is 1. The van der Waals surface area contributed by atoms with E-state index in [0.29, 0.717) is 0 Å². The van der Waals surface area contributed by atoms with Gasteiger partial charge >= 0.3 is 0 Å². The van der Waals surface area contributed by atoms with Crippen LogP contribution in [0.5, 0.6) is 0 Å². The van der Waals surface area contributed by atoms with Crippen LogP contribution < -0.4 is 4.90 Å². The van der Waals surface area contributed by atoms with E-state index in [0.717, 1.165) is 6.42 Å². The molecule has 3 aromatic carbocycles. The second-order valence-corrected chi connectivity index (χ2v) is 7.86. The summed E-state index contributed by atoms with van der Waals surface area (Å²) < 4.78 is 0. The molecular formula is C25H19NS. The maximum atomic E-state index is 3.27. The Bertz CT molecular complexity index is 1200. The Morgan fingerprint density at radius 3 is 2.70 bits per heavy atom. The zero-order valence-corrected chi connectivity index (χ0v) is 16.0. The fraction of sp³-hybridized carbons (Fsp3) is 0.0800. The molecule has 2 heteroatoms. The maximum Gasteiger partial charge on any atom is 0.0957 e. The average Bonchev–Trinajstić information content (AvgIpc) is 3.22. The van der Waals surface area contributed by atoms with Crippen LogP contribution in [0.3, 0.4) is 0 Å². The molecule has 0 amide bonds. The van der Waals surface area contributed by atoms with Crippen molar-refractivity contribution in [3.63, 3.8) is 0 Å². The Balaban J connectivity index is 1.57. The van der Waals surface area contributed by atoms with E-state index < -0.39 is 0 Å². The van der Waals surface area contributed by atoms with Gasteiger partial charge in [0, 0.05) is 23.0 Å². The van der Waals surface area contributed by atoms with E-state index in [1.807, 2.05) is 11.3 Å². The van der Waals surface area contributed by atoms with E-state index in [-0.39, 0.29) is 0 Å². The Morgan fingerprint density at radius 1 is 0.889 bits per heavy atom. The lowest BCUT2D eigenvalue weighted by Gasteiger charge is -2.19. The lowest BCUT2D eigenvalue weighted by Crippen LogP contribution is -2.07. The number of benzene rings is 3. The quantitative estimate of drug-likeness (QED) is 0.351. The number of hydrogen-bond acceptors (Lipinski definition) is 2. The molecule has 0 bridgehead atoms. The van der Waals surface area contributed by atoms with E-state index in [4.69, 9.17) is 0 Å². The number of fused-ring (bicyclic) bond motifs is 2. The molecule has 0 unspecified atom stereocenters. The molecule has 1 aromatic heterocycles. The summed E-state index contributed by atoms with van der Waals surface area (Å²) in [5.41, 5.74) is 8.49. The van der Waals surface area contributed by atoms with Crippen LogP contribution >= 0.6 is 11.3 Å². The molecule has 0 saturated carbocycles. The van der Waals surface area contributed by atoms with Crippen molar-refractivity contribution in [3.05, 3.63) is 95.7 Å². The van der Waals surface area contributed by atoms with Crippen molar-refractivity contribution < 1.29 is 0 Å². The van der Waals surface area contributed by atoms with Crippen LogP contribution in [0.25, 0.3) is 27.3 Å². The van der Waals surface area contributed by atoms with Crippen LogP contribution in [0.1, 0.15) is 11.1 Å². The molecule has 0 atom stereocenters. The summed E-state index contributed by atoms with van der Waals surface area (Å²) in [4.78, 5) is 3.59. The summed E-state index contributed by atoms with van der Waals surface area (Å²) in [7, 11) is 2.15. The summed E-state index contributed by atoms with van der Waals surface area (Å²) >= 11 is 1.84. The number of thiophene rings is 1. The highest BCUT2D eigenvalue weighted by atomic mass is 32.1. The summed E-state index contributed by atoms with van der Waals surface area (Å²) in [6, 6.07) is 26.1. The highest BCUT2D eigenvalue weighted by Crippen LogP contribution is 2.40. The molecule has 1 aliphatic carbocycles. The average molecular weight is 366 g/mol. The maximum absolute atomic E-state index is 3.27. The third kappa shape index (κ3) is 2.80. The Morgan fingerprint density at radius 2 is 1.74 bits per heavy atom. The van der Waals surface area contributed by atoms with Crippen molar-refractivity contribution in [2.24, 2.45) is 0 Å². The van der Waals surface area contributed by atoms with Crippen molar-refractivity contribution in [3.8, 4) is 10.4 Å². The lowest BCUT2D eigenvalue weighted by molar-refractivity contribution is 1.25. The highest BCUT2D eigenvalue weighted by Gasteiger charge is 2.14. The van der Waals surface area contributed by atoms with Gasteiger partial charge in [0.2, 0.25) is 0 Å². The molecular weight excluding hydrogens is 346 g/mol. The molecule has 0 aliphatic heterocycles. The van der Waals surface area contributed by atoms with Crippen LogP contribution in [0, 0.1) is 0 Å². The van der Waals surface area contributed by atoms with E-state index in [1.54, 1.807) is 0 Å². The monoisotopic (exact) mass is 365 g/mol. The first kappa shape index (κ1) is 16.1. The van der Waals surface area contributed by atoms with Crippen LogP contribution in [-0.2, 0) is 6.42 Å². The number of hydrogen-bond donors (Lipinski definition) is 0. The SMILES string of the molecule is CN(c1ccc(-c2cccc3c2C=C=CC3)s1)c1cccc2ccccc12. The summed E-state index contributed by atoms with van der Waals surface area (Å²) in [6.45, 7) is 0. The van der Waals surface area contributed by atoms with Crippen LogP contribution in [0.2, 0.25) is 0 Å².